The Labute approximate surface area is 166 Å². The number of fused-ring (bicyclic) bond motifs is 3. The molecule has 7 heteroatoms. The quantitative estimate of drug-likeness (QED) is 0.723. The van der Waals surface area contributed by atoms with E-state index in [1.54, 1.807) is 0 Å². The predicted octanol–water partition coefficient (Wildman–Crippen LogP) is 4.18. The van der Waals surface area contributed by atoms with Crippen molar-refractivity contribution in [1.29, 1.82) is 0 Å². The van der Waals surface area contributed by atoms with Crippen molar-refractivity contribution in [2.45, 2.75) is 25.6 Å². The summed E-state index contributed by atoms with van der Waals surface area (Å²) in [7, 11) is 0. The fraction of sp³-hybridized carbons (Fsp3) is 0.273. The topological polar surface area (TPSA) is 54.5 Å². The van der Waals surface area contributed by atoms with E-state index in [4.69, 9.17) is 4.74 Å². The molecular weight excluding hydrogens is 376 g/mol. The minimum Gasteiger partial charge on any atom is -0.371 e. The lowest BCUT2D eigenvalue weighted by Crippen LogP contribution is -2.58. The Balaban J connectivity index is 1.55. The average Bonchev–Trinajstić information content (AvgIpc) is 2.69. The number of ether oxygens (including phenoxy) is 1. The predicted molar refractivity (Wildman–Crippen MR) is 105 cm³/mol. The number of hydrogen-bond donors (Lipinski definition) is 1. The van der Waals surface area contributed by atoms with Crippen LogP contribution in [0, 0.1) is 18.6 Å². The Hall–Kier alpha value is -3.06. The van der Waals surface area contributed by atoms with Gasteiger partial charge < -0.3 is 15.0 Å². The van der Waals surface area contributed by atoms with Gasteiger partial charge >= 0.3 is 0 Å². The molecule has 3 aromatic rings. The molecule has 0 spiro atoms. The van der Waals surface area contributed by atoms with Gasteiger partial charge in [0.05, 0.1) is 23.5 Å². The van der Waals surface area contributed by atoms with E-state index in [0.29, 0.717) is 29.9 Å². The lowest BCUT2D eigenvalue weighted by Gasteiger charge is -2.47. The fourth-order valence-corrected chi connectivity index (χ4v) is 4.16. The number of aryl methyl sites for hydroxylation is 1. The number of anilines is 2. The van der Waals surface area contributed by atoms with Crippen molar-refractivity contribution in [2.75, 3.05) is 18.4 Å². The summed E-state index contributed by atoms with van der Waals surface area (Å²) in [6.45, 7) is 3.10. The monoisotopic (exact) mass is 395 g/mol. The van der Waals surface area contributed by atoms with E-state index >= 15 is 0 Å². The molecule has 3 aliphatic heterocycles. The molecular formula is C22H19F2N3O2. The Morgan fingerprint density at radius 1 is 1.21 bits per heavy atom. The number of carbonyl (C=O) groups excluding carboxylic acids is 1. The Morgan fingerprint density at radius 3 is 2.69 bits per heavy atom. The van der Waals surface area contributed by atoms with Crippen LogP contribution in [0.2, 0.25) is 0 Å². The molecule has 4 heterocycles. The second-order valence-corrected chi connectivity index (χ2v) is 7.59. The van der Waals surface area contributed by atoms with E-state index < -0.39 is 11.6 Å². The summed E-state index contributed by atoms with van der Waals surface area (Å²) < 4.78 is 32.9. The van der Waals surface area contributed by atoms with E-state index in [0.717, 1.165) is 23.4 Å². The van der Waals surface area contributed by atoms with Crippen LogP contribution in [0.3, 0.4) is 0 Å². The summed E-state index contributed by atoms with van der Waals surface area (Å²) in [4.78, 5) is 19.4. The summed E-state index contributed by atoms with van der Waals surface area (Å²) in [5.41, 5.74) is 1.56. The molecule has 2 bridgehead atoms. The number of nitrogens with zero attached hydrogens (tertiary/aromatic N) is 2. The van der Waals surface area contributed by atoms with Crippen molar-refractivity contribution < 1.29 is 18.3 Å². The maximum absolute atomic E-state index is 14.1. The number of carbonyl (C=O) groups is 1. The highest BCUT2D eigenvalue weighted by Gasteiger charge is 2.40. The Bertz CT molecular complexity index is 1120. The highest BCUT2D eigenvalue weighted by Crippen LogP contribution is 2.33. The van der Waals surface area contributed by atoms with Gasteiger partial charge in [0, 0.05) is 42.5 Å². The third-order valence-electron chi connectivity index (χ3n) is 5.58. The van der Waals surface area contributed by atoms with Gasteiger partial charge in [-0.1, -0.05) is 18.2 Å². The molecule has 2 unspecified atom stereocenters. The van der Waals surface area contributed by atoms with Crippen molar-refractivity contribution >= 4 is 28.2 Å². The minimum atomic E-state index is -0.708. The van der Waals surface area contributed by atoms with Crippen LogP contribution in [0.15, 0.2) is 42.6 Å². The number of piperidine rings is 1. The number of halogens is 2. The van der Waals surface area contributed by atoms with E-state index in [1.807, 2.05) is 30.0 Å². The smallest absolute Gasteiger partial charge is 0.256 e. The number of hydrogen-bond acceptors (Lipinski definition) is 4. The zero-order valence-corrected chi connectivity index (χ0v) is 15.8. The molecule has 1 N–H and O–H groups in total. The molecule has 5 nitrogen and oxygen atoms in total. The third kappa shape index (κ3) is 3.11. The molecule has 1 aromatic heterocycles. The van der Waals surface area contributed by atoms with Gasteiger partial charge in [-0.2, -0.15) is 0 Å². The fourth-order valence-electron chi connectivity index (χ4n) is 4.16. The molecule has 29 heavy (non-hydrogen) atoms. The van der Waals surface area contributed by atoms with Crippen molar-refractivity contribution in [1.82, 2.24) is 9.88 Å². The second-order valence-electron chi connectivity index (χ2n) is 7.59. The largest absolute Gasteiger partial charge is 0.371 e. The normalized spacial score (nSPS) is 20.4. The van der Waals surface area contributed by atoms with Gasteiger partial charge in [-0.3, -0.25) is 4.79 Å². The van der Waals surface area contributed by atoms with Crippen LogP contribution in [-0.4, -0.2) is 41.1 Å². The zero-order valence-electron chi connectivity index (χ0n) is 15.8. The highest BCUT2D eigenvalue weighted by atomic mass is 19.1. The number of pyridine rings is 1. The number of nitrogens with one attached hydrogen (secondary N) is 1. The van der Waals surface area contributed by atoms with E-state index in [-0.39, 0.29) is 23.8 Å². The molecule has 0 radical (unpaired) electrons. The number of rotatable bonds is 3. The molecule has 3 aliphatic rings. The minimum absolute atomic E-state index is 0.0747. The first-order chi connectivity index (χ1) is 14.0. The number of morpholine rings is 1. The molecule has 3 fully saturated rings. The van der Waals surface area contributed by atoms with Crippen LogP contribution < -0.4 is 5.32 Å². The number of benzene rings is 2. The van der Waals surface area contributed by atoms with E-state index in [1.165, 1.54) is 18.3 Å². The maximum Gasteiger partial charge on any atom is 0.256 e. The second kappa shape index (κ2) is 6.77. The molecule has 148 valence electrons. The summed E-state index contributed by atoms with van der Waals surface area (Å²) in [5.74, 6) is -1.02. The van der Waals surface area contributed by atoms with Gasteiger partial charge in [-0.25, -0.2) is 13.8 Å². The van der Waals surface area contributed by atoms with Gasteiger partial charge in [0.2, 0.25) is 0 Å². The van der Waals surface area contributed by atoms with Crippen LogP contribution in [0.5, 0.6) is 0 Å². The molecule has 0 aliphatic carbocycles. The first kappa shape index (κ1) is 18.0. The molecule has 6 rings (SSSR count). The van der Waals surface area contributed by atoms with Gasteiger partial charge in [-0.05, 0) is 24.6 Å². The SMILES string of the molecule is Cc1cccc2c(Nc3ccc(F)cc3F)ncc(C(=O)N3CC4CC(C3)O4)c12. The average molecular weight is 395 g/mol. The standard InChI is InChI=1S/C22H19F2N3O2/c1-12-3-2-4-16-20(12)17(22(28)27-10-14-8-15(11-27)29-14)9-25-21(16)26-19-6-5-13(23)7-18(19)24/h2-7,9,14-15H,8,10-11H2,1H3,(H,25,26). The summed E-state index contributed by atoms with van der Waals surface area (Å²) in [6.07, 6.45) is 2.79. The van der Waals surface area contributed by atoms with Gasteiger partial charge in [0.25, 0.3) is 5.91 Å². The summed E-state index contributed by atoms with van der Waals surface area (Å²) >= 11 is 0. The molecule has 3 saturated heterocycles. The summed E-state index contributed by atoms with van der Waals surface area (Å²) in [6, 6.07) is 8.96. The molecule has 2 atom stereocenters. The lowest BCUT2D eigenvalue weighted by molar-refractivity contribution is -0.171. The first-order valence-electron chi connectivity index (χ1n) is 9.55. The van der Waals surface area contributed by atoms with Crippen LogP contribution >= 0.6 is 0 Å². The van der Waals surface area contributed by atoms with Gasteiger partial charge in [0.1, 0.15) is 17.5 Å². The van der Waals surface area contributed by atoms with Crippen molar-refractivity contribution in [3.05, 3.63) is 65.4 Å². The third-order valence-corrected chi connectivity index (χ3v) is 5.58. The Kier molecular flexibility index (Phi) is 4.20. The molecule has 2 aromatic carbocycles. The highest BCUT2D eigenvalue weighted by molar-refractivity contribution is 6.10. The van der Waals surface area contributed by atoms with Crippen molar-refractivity contribution in [2.24, 2.45) is 0 Å². The molecule has 1 amide bonds. The first-order valence-corrected chi connectivity index (χ1v) is 9.55. The Morgan fingerprint density at radius 2 is 1.97 bits per heavy atom. The molecule has 0 saturated carbocycles. The lowest BCUT2D eigenvalue weighted by atomic mass is 9.96. The van der Waals surface area contributed by atoms with Crippen LogP contribution in [0.25, 0.3) is 10.8 Å². The van der Waals surface area contributed by atoms with Crippen molar-refractivity contribution in [3.63, 3.8) is 0 Å². The van der Waals surface area contributed by atoms with Gasteiger partial charge in [0.15, 0.2) is 0 Å². The summed E-state index contributed by atoms with van der Waals surface area (Å²) in [5, 5.41) is 4.41. The van der Waals surface area contributed by atoms with Crippen LogP contribution in [0.4, 0.5) is 20.3 Å². The van der Waals surface area contributed by atoms with Gasteiger partial charge in [-0.15, -0.1) is 0 Å². The van der Waals surface area contributed by atoms with Crippen LogP contribution in [-0.2, 0) is 4.74 Å². The zero-order chi connectivity index (χ0) is 20.1. The maximum atomic E-state index is 14.1. The van der Waals surface area contributed by atoms with E-state index in [9.17, 15) is 13.6 Å². The number of aromatic nitrogens is 1. The number of amides is 1. The van der Waals surface area contributed by atoms with Crippen molar-refractivity contribution in [3.8, 4) is 0 Å². The van der Waals surface area contributed by atoms with Crippen LogP contribution in [0.1, 0.15) is 22.3 Å². The van der Waals surface area contributed by atoms with E-state index in [2.05, 4.69) is 10.3 Å².